The normalized spacial score (nSPS) is 10.2. The Morgan fingerprint density at radius 3 is 1.39 bits per heavy atom. The summed E-state index contributed by atoms with van der Waals surface area (Å²) >= 11 is 0. The maximum absolute atomic E-state index is 11.2. The molecule has 0 aliphatic rings. The van der Waals surface area contributed by atoms with E-state index in [1.807, 2.05) is 13.8 Å². The third kappa shape index (κ3) is 42.9. The number of rotatable bonds is 14. The summed E-state index contributed by atoms with van der Waals surface area (Å²) < 4.78 is 24.2. The molecule has 0 aromatic heterocycles. The SMILES string of the molecule is C.C.C=C(C)C(=O)NC(C)COCCOC.C=C(C)C(=O)OC(=O)C(=C)C.COCCOCC(C)N.[Y].[Y]. The van der Waals surface area contributed by atoms with Gasteiger partial charge in [-0.05, 0) is 34.6 Å². The van der Waals surface area contributed by atoms with Crippen LogP contribution in [0.5, 0.6) is 0 Å². The van der Waals surface area contributed by atoms with E-state index < -0.39 is 11.9 Å². The molecule has 0 aromatic rings. The summed E-state index contributed by atoms with van der Waals surface area (Å²) in [5, 5.41) is 2.75. The topological polar surface area (TPSA) is 135 Å². The minimum atomic E-state index is -0.710. The molecule has 0 spiro atoms. The molecule has 0 fully saturated rings. The van der Waals surface area contributed by atoms with Crippen LogP contribution in [0.4, 0.5) is 0 Å². The second-order valence-electron chi connectivity index (χ2n) is 7.51. The zero-order chi connectivity index (χ0) is 27.1. The van der Waals surface area contributed by atoms with E-state index in [4.69, 9.17) is 24.7 Å². The van der Waals surface area contributed by atoms with Crippen molar-refractivity contribution >= 4 is 17.8 Å². The predicted octanol–water partition coefficient (Wildman–Crippen LogP) is 3.20. The Kier molecular flexibility index (Phi) is 52.3. The fourth-order valence-electron chi connectivity index (χ4n) is 1.46. The molecule has 3 N–H and O–H groups in total. The summed E-state index contributed by atoms with van der Waals surface area (Å²) in [6.07, 6.45) is 0. The van der Waals surface area contributed by atoms with Gasteiger partial charge in [-0.2, -0.15) is 0 Å². The molecule has 2 atom stereocenters. The standard InChI is InChI=1S/C10H19NO3.C8H10O3.C6H15NO2.2CH4.2Y/c1-8(2)10(12)11-9(3)7-14-6-5-13-4;1-5(2)7(9)11-8(10)6(3)4;1-6(7)5-9-4-3-8-2;;;;/h9H,1,5-7H2,2-4H3,(H,11,12);1,3H2,2,4H3;6H,3-5,7H2,1-2H3;2*1H4;;. The summed E-state index contributed by atoms with van der Waals surface area (Å²) in [7, 11) is 3.27. The number of esters is 2. The number of ether oxygens (including phenoxy) is 5. The monoisotopic (exact) mass is 698 g/mol. The predicted molar refractivity (Wildman–Crippen MR) is 146 cm³/mol. The van der Waals surface area contributed by atoms with E-state index in [1.165, 1.54) is 13.8 Å². The summed E-state index contributed by atoms with van der Waals surface area (Å²) in [6.45, 7) is 22.1. The minimum absolute atomic E-state index is 0. The number of nitrogens with two attached hydrogens (primary N) is 1. The zero-order valence-corrected chi connectivity index (χ0v) is 28.7. The third-order valence-corrected chi connectivity index (χ3v) is 3.26. The Bertz CT molecular complexity index is 621. The number of hydrogen-bond acceptors (Lipinski definition) is 9. The van der Waals surface area contributed by atoms with Crippen molar-refractivity contribution in [1.82, 2.24) is 5.32 Å². The Morgan fingerprint density at radius 2 is 1.11 bits per heavy atom. The molecule has 10 nitrogen and oxygen atoms in total. The third-order valence-electron chi connectivity index (χ3n) is 3.26. The van der Waals surface area contributed by atoms with Crippen LogP contribution in [0.2, 0.25) is 0 Å². The molecule has 220 valence electrons. The molecule has 2 radical (unpaired) electrons. The zero-order valence-electron chi connectivity index (χ0n) is 23.0. The van der Waals surface area contributed by atoms with E-state index >= 15 is 0 Å². The fourth-order valence-corrected chi connectivity index (χ4v) is 1.46. The van der Waals surface area contributed by atoms with Gasteiger partial charge < -0.3 is 34.7 Å². The average molecular weight is 699 g/mol. The molecule has 0 aromatic carbocycles. The van der Waals surface area contributed by atoms with E-state index in [1.54, 1.807) is 21.1 Å². The molecule has 0 heterocycles. The van der Waals surface area contributed by atoms with Crippen molar-refractivity contribution in [1.29, 1.82) is 0 Å². The Morgan fingerprint density at radius 1 is 0.737 bits per heavy atom. The van der Waals surface area contributed by atoms with E-state index in [2.05, 4.69) is 29.8 Å². The average Bonchev–Trinajstić information content (AvgIpc) is 2.74. The molecule has 0 rings (SSSR count). The van der Waals surface area contributed by atoms with E-state index in [9.17, 15) is 14.4 Å². The van der Waals surface area contributed by atoms with Gasteiger partial charge in [-0.15, -0.1) is 0 Å². The van der Waals surface area contributed by atoms with Gasteiger partial charge in [0.2, 0.25) is 5.91 Å². The van der Waals surface area contributed by atoms with Crippen LogP contribution in [0.3, 0.4) is 0 Å². The van der Waals surface area contributed by atoms with Crippen LogP contribution in [0, 0.1) is 0 Å². The van der Waals surface area contributed by atoms with Gasteiger partial charge in [0.1, 0.15) is 0 Å². The van der Waals surface area contributed by atoms with Crippen molar-refractivity contribution in [3.63, 3.8) is 0 Å². The van der Waals surface area contributed by atoms with Crippen LogP contribution in [0.25, 0.3) is 0 Å². The quantitative estimate of drug-likeness (QED) is 0.121. The number of nitrogens with one attached hydrogen (secondary N) is 1. The molecule has 2 unspecified atom stereocenters. The largest absolute Gasteiger partial charge is 0.386 e. The van der Waals surface area contributed by atoms with Crippen LogP contribution in [0.1, 0.15) is 49.5 Å². The van der Waals surface area contributed by atoms with Gasteiger partial charge in [0.15, 0.2) is 0 Å². The fraction of sp³-hybridized carbons (Fsp3) is 0.654. The van der Waals surface area contributed by atoms with Gasteiger partial charge in [0.25, 0.3) is 0 Å². The van der Waals surface area contributed by atoms with E-state index in [0.29, 0.717) is 45.2 Å². The van der Waals surface area contributed by atoms with Crippen molar-refractivity contribution < 1.29 is 103 Å². The molecule has 0 aliphatic heterocycles. The second kappa shape index (κ2) is 36.8. The first-order valence-corrected chi connectivity index (χ1v) is 10.7. The van der Waals surface area contributed by atoms with Gasteiger partial charge in [0, 0.05) is 108 Å². The van der Waals surface area contributed by atoms with Crippen molar-refractivity contribution in [3.05, 3.63) is 36.5 Å². The second-order valence-corrected chi connectivity index (χ2v) is 7.51. The smallest absolute Gasteiger partial charge is 0.340 e. The van der Waals surface area contributed by atoms with Gasteiger partial charge in [-0.25, -0.2) is 9.59 Å². The van der Waals surface area contributed by atoms with Crippen LogP contribution >= 0.6 is 0 Å². The summed E-state index contributed by atoms with van der Waals surface area (Å²) in [5.41, 5.74) is 6.31. The maximum Gasteiger partial charge on any atom is 0.340 e. The van der Waals surface area contributed by atoms with Crippen LogP contribution in [-0.2, 0) is 103 Å². The van der Waals surface area contributed by atoms with Gasteiger partial charge >= 0.3 is 11.9 Å². The van der Waals surface area contributed by atoms with Gasteiger partial charge in [0.05, 0.1) is 39.6 Å². The maximum atomic E-state index is 11.2. The van der Waals surface area contributed by atoms with Crippen LogP contribution in [0.15, 0.2) is 36.5 Å². The molecular weight excluding hydrogens is 646 g/mol. The van der Waals surface area contributed by atoms with E-state index in [0.717, 1.165) is 0 Å². The summed E-state index contributed by atoms with van der Waals surface area (Å²) in [6, 6.07) is 0.123. The van der Waals surface area contributed by atoms with Crippen LogP contribution < -0.4 is 11.1 Å². The number of methoxy groups -OCH3 is 2. The summed E-state index contributed by atoms with van der Waals surface area (Å²) in [4.78, 5) is 32.5. The molecule has 0 saturated carbocycles. The number of amides is 1. The molecule has 1 amide bonds. The van der Waals surface area contributed by atoms with Crippen molar-refractivity contribution in [2.24, 2.45) is 5.73 Å². The number of carbonyl (C=O) groups excluding carboxylic acids is 3. The van der Waals surface area contributed by atoms with E-state index in [-0.39, 0.29) is 109 Å². The first-order valence-electron chi connectivity index (χ1n) is 10.7. The Balaban J connectivity index is -0.0000000736. The first-order chi connectivity index (χ1) is 15.8. The number of hydrogen-bond donors (Lipinski definition) is 2. The first kappa shape index (κ1) is 54.0. The summed E-state index contributed by atoms with van der Waals surface area (Å²) in [5.74, 6) is -1.55. The Hall–Kier alpha value is -0.162. The van der Waals surface area contributed by atoms with Crippen molar-refractivity contribution in [3.8, 4) is 0 Å². The molecule has 38 heavy (non-hydrogen) atoms. The molecule has 0 bridgehead atoms. The van der Waals surface area contributed by atoms with Gasteiger partial charge in [-0.3, -0.25) is 4.79 Å². The molecular formula is C26H52N2O8Y2. The van der Waals surface area contributed by atoms with Crippen molar-refractivity contribution in [2.45, 2.75) is 61.6 Å². The molecule has 0 saturated heterocycles. The minimum Gasteiger partial charge on any atom is -0.386 e. The van der Waals surface area contributed by atoms with Gasteiger partial charge in [-0.1, -0.05) is 34.6 Å². The molecule has 0 aliphatic carbocycles. The van der Waals surface area contributed by atoms with Crippen LogP contribution in [-0.4, -0.2) is 83.8 Å². The Labute approximate surface area is 282 Å². The number of carbonyl (C=O) groups is 3. The van der Waals surface area contributed by atoms with Crippen molar-refractivity contribution in [2.75, 3.05) is 53.9 Å². The molecule has 12 heteroatoms.